The van der Waals surface area contributed by atoms with Gasteiger partial charge in [0.1, 0.15) is 17.0 Å². The molecule has 2 unspecified atom stereocenters. The first-order valence-electron chi connectivity index (χ1n) is 23.0. The average Bonchev–Trinajstić information content (AvgIpc) is 4.02. The van der Waals surface area contributed by atoms with E-state index in [0.717, 1.165) is 121 Å². The molecule has 2 aliphatic heterocycles. The summed E-state index contributed by atoms with van der Waals surface area (Å²) in [5.41, 5.74) is 3.66. The molecule has 5 heteroatoms. The monoisotopic (exact) mass is 838 g/mol. The fourth-order valence-electron chi connectivity index (χ4n) is 11.4. The number of likely N-dealkylation sites (tertiary alicyclic amines) is 2. The molecule has 9 aromatic carbocycles. The molecule has 5 nitrogen and oxygen atoms in total. The van der Waals surface area contributed by atoms with Gasteiger partial charge in [0, 0.05) is 36.3 Å². The Balaban J connectivity index is 0.946. The fourth-order valence-corrected chi connectivity index (χ4v) is 11.4. The van der Waals surface area contributed by atoms with Crippen LogP contribution in [-0.4, -0.2) is 50.3 Å². The van der Waals surface area contributed by atoms with Crippen LogP contribution >= 0.6 is 0 Å². The third-order valence-corrected chi connectivity index (χ3v) is 14.6. The van der Waals surface area contributed by atoms with Gasteiger partial charge in [-0.3, -0.25) is 9.80 Å². The molecular weight excluding hydrogens is 785 g/mol. The number of nitrogens with zero attached hydrogens (tertiary/aromatic N) is 2. The molecule has 2 atom stereocenters. The number of phenols is 1. The number of phenolic OH excluding ortho intramolecular Hbond substituents is 1. The highest BCUT2D eigenvalue weighted by atomic mass is 16.3. The minimum absolute atomic E-state index is 0.236. The first kappa shape index (κ1) is 40.4. The Morgan fingerprint density at radius 2 is 0.719 bits per heavy atom. The van der Waals surface area contributed by atoms with E-state index < -0.39 is 11.2 Å². The van der Waals surface area contributed by atoms with Crippen molar-refractivity contribution >= 4 is 43.1 Å². The Morgan fingerprint density at radius 1 is 0.422 bits per heavy atom. The molecule has 9 aromatic rings. The standard InChI is InChI=1S/C59H54N2O3/c1-40-32-49(38-60-30-10-20-55(60)58(63,51-26-22-41-12-2-6-16-45(41)34-51)52-27-23-42-13-3-7-17-46(42)35-52)57(62)50(33-40)39-61-31-11-21-56(61)59(64,53-28-24-43-14-4-8-18-47(43)36-53)54-29-25-44-15-5-9-19-48(44)37-54/h2-9,12-19,22-29,32-37,55-56,62-64H,10-11,20-21,30-31,38-39H2,1H3. The van der Waals surface area contributed by atoms with Gasteiger partial charge in [0.2, 0.25) is 0 Å². The molecule has 318 valence electrons. The van der Waals surface area contributed by atoms with E-state index in [1.54, 1.807) is 0 Å². The maximum Gasteiger partial charge on any atom is 0.130 e. The van der Waals surface area contributed by atoms with Crippen LogP contribution in [0.4, 0.5) is 0 Å². The van der Waals surface area contributed by atoms with Crippen LogP contribution in [0.5, 0.6) is 5.75 Å². The summed E-state index contributed by atoms with van der Waals surface area (Å²) in [5, 5.41) is 48.2. The molecule has 64 heavy (non-hydrogen) atoms. The average molecular weight is 839 g/mol. The number of rotatable bonds is 10. The molecule has 0 radical (unpaired) electrons. The van der Waals surface area contributed by atoms with E-state index in [0.29, 0.717) is 18.8 Å². The lowest BCUT2D eigenvalue weighted by Gasteiger charge is -2.41. The number of aliphatic hydroxyl groups is 2. The van der Waals surface area contributed by atoms with Crippen LogP contribution in [0.2, 0.25) is 0 Å². The van der Waals surface area contributed by atoms with E-state index in [-0.39, 0.29) is 12.1 Å². The zero-order valence-electron chi connectivity index (χ0n) is 36.4. The van der Waals surface area contributed by atoms with Gasteiger partial charge in [-0.2, -0.15) is 0 Å². The number of fused-ring (bicyclic) bond motifs is 4. The van der Waals surface area contributed by atoms with Gasteiger partial charge in [-0.05, 0) is 135 Å². The summed E-state index contributed by atoms with van der Waals surface area (Å²) < 4.78 is 0. The Kier molecular flexibility index (Phi) is 10.3. The normalized spacial score (nSPS) is 17.6. The largest absolute Gasteiger partial charge is 0.507 e. The Morgan fingerprint density at radius 3 is 1.03 bits per heavy atom. The molecule has 2 aliphatic rings. The zero-order valence-corrected chi connectivity index (χ0v) is 36.4. The van der Waals surface area contributed by atoms with E-state index in [1.807, 2.05) is 0 Å². The Bertz CT molecular complexity index is 2830. The van der Waals surface area contributed by atoms with Crippen molar-refractivity contribution in [1.29, 1.82) is 0 Å². The minimum atomic E-state index is -1.31. The highest BCUT2D eigenvalue weighted by Gasteiger charge is 2.47. The SMILES string of the molecule is Cc1cc(CN2CCCC2C(O)(c2ccc3ccccc3c2)c2ccc3ccccc3c2)c(O)c(CN2CCCC2C(O)(c2ccc3ccccc3c2)c2ccc3ccccc3c2)c1. The number of aryl methyl sites for hydroxylation is 1. The molecule has 0 spiro atoms. The van der Waals surface area contributed by atoms with Crippen molar-refractivity contribution < 1.29 is 15.3 Å². The van der Waals surface area contributed by atoms with Crippen molar-refractivity contribution in [1.82, 2.24) is 9.80 Å². The number of aromatic hydroxyl groups is 1. The minimum Gasteiger partial charge on any atom is -0.507 e. The smallest absolute Gasteiger partial charge is 0.130 e. The van der Waals surface area contributed by atoms with Crippen LogP contribution in [0.25, 0.3) is 43.1 Å². The fraction of sp³-hybridized carbons (Fsp3) is 0.220. The summed E-state index contributed by atoms with van der Waals surface area (Å²) in [4.78, 5) is 4.78. The lowest BCUT2D eigenvalue weighted by molar-refractivity contribution is -0.00715. The number of benzene rings is 9. The van der Waals surface area contributed by atoms with E-state index in [2.05, 4.69) is 199 Å². The van der Waals surface area contributed by atoms with Crippen LogP contribution in [0.15, 0.2) is 182 Å². The first-order valence-corrected chi connectivity index (χ1v) is 23.0. The summed E-state index contributed by atoms with van der Waals surface area (Å²) in [5.74, 6) is 0.293. The summed E-state index contributed by atoms with van der Waals surface area (Å²) in [7, 11) is 0. The number of hydrogen-bond acceptors (Lipinski definition) is 5. The highest BCUT2D eigenvalue weighted by molar-refractivity contribution is 5.87. The third kappa shape index (κ3) is 7.04. The second-order valence-electron chi connectivity index (χ2n) is 18.5. The molecule has 2 saturated heterocycles. The van der Waals surface area contributed by atoms with E-state index >= 15 is 0 Å². The van der Waals surface area contributed by atoms with Crippen molar-refractivity contribution in [2.45, 2.75) is 69.0 Å². The van der Waals surface area contributed by atoms with E-state index in [9.17, 15) is 15.3 Å². The van der Waals surface area contributed by atoms with Crippen molar-refractivity contribution in [3.63, 3.8) is 0 Å². The van der Waals surface area contributed by atoms with E-state index in [4.69, 9.17) is 0 Å². The number of hydrogen-bond donors (Lipinski definition) is 3. The second kappa shape index (κ2) is 16.3. The van der Waals surface area contributed by atoms with Crippen molar-refractivity contribution in [3.05, 3.63) is 221 Å². The van der Waals surface area contributed by atoms with Gasteiger partial charge in [0.05, 0.1) is 0 Å². The molecule has 2 heterocycles. The summed E-state index contributed by atoms with van der Waals surface area (Å²) in [6.45, 7) is 4.70. The van der Waals surface area contributed by atoms with Crippen LogP contribution in [0.3, 0.4) is 0 Å². The predicted molar refractivity (Wildman–Crippen MR) is 261 cm³/mol. The van der Waals surface area contributed by atoms with Crippen LogP contribution in [-0.2, 0) is 24.3 Å². The molecule has 2 fully saturated rings. The van der Waals surface area contributed by atoms with Gasteiger partial charge in [-0.25, -0.2) is 0 Å². The van der Waals surface area contributed by atoms with Gasteiger partial charge < -0.3 is 15.3 Å². The zero-order chi connectivity index (χ0) is 43.4. The van der Waals surface area contributed by atoms with Crippen LogP contribution < -0.4 is 0 Å². The van der Waals surface area contributed by atoms with Crippen molar-refractivity contribution in [2.24, 2.45) is 0 Å². The molecular formula is C59H54N2O3. The van der Waals surface area contributed by atoms with Gasteiger partial charge in [-0.15, -0.1) is 0 Å². The predicted octanol–water partition coefficient (Wildman–Crippen LogP) is 12.1. The lowest BCUT2D eigenvalue weighted by Crippen LogP contribution is -2.48. The molecule has 0 bridgehead atoms. The Hall–Kier alpha value is -6.34. The second-order valence-corrected chi connectivity index (χ2v) is 18.5. The molecule has 0 saturated carbocycles. The molecule has 3 N–H and O–H groups in total. The van der Waals surface area contributed by atoms with Gasteiger partial charge in [0.25, 0.3) is 0 Å². The summed E-state index contributed by atoms with van der Waals surface area (Å²) >= 11 is 0. The van der Waals surface area contributed by atoms with Crippen LogP contribution in [0.1, 0.15) is 64.6 Å². The van der Waals surface area contributed by atoms with Gasteiger partial charge >= 0.3 is 0 Å². The molecule has 0 aliphatic carbocycles. The lowest BCUT2D eigenvalue weighted by atomic mass is 9.77. The molecule has 0 aromatic heterocycles. The van der Waals surface area contributed by atoms with Gasteiger partial charge in [-0.1, -0.05) is 163 Å². The van der Waals surface area contributed by atoms with Gasteiger partial charge in [0.15, 0.2) is 0 Å². The maximum absolute atomic E-state index is 13.5. The Labute approximate surface area is 375 Å². The quantitative estimate of drug-likeness (QED) is 0.128. The van der Waals surface area contributed by atoms with Crippen molar-refractivity contribution in [2.75, 3.05) is 13.1 Å². The summed E-state index contributed by atoms with van der Waals surface area (Å²) in [6.07, 6.45) is 3.50. The first-order chi connectivity index (χ1) is 31.3. The van der Waals surface area contributed by atoms with Crippen LogP contribution in [0, 0.1) is 6.92 Å². The van der Waals surface area contributed by atoms with E-state index in [1.165, 1.54) is 0 Å². The maximum atomic E-state index is 13.5. The highest BCUT2D eigenvalue weighted by Crippen LogP contribution is 2.46. The summed E-state index contributed by atoms with van der Waals surface area (Å²) in [6, 6.07) is 62.7. The topological polar surface area (TPSA) is 67.2 Å². The van der Waals surface area contributed by atoms with Crippen molar-refractivity contribution in [3.8, 4) is 5.75 Å². The molecule has 11 rings (SSSR count). The third-order valence-electron chi connectivity index (χ3n) is 14.6. The molecule has 0 amide bonds.